The molecule has 5 rings (SSSR count). The van der Waals surface area contributed by atoms with Crippen molar-refractivity contribution in [2.24, 2.45) is 0 Å². The minimum absolute atomic E-state index is 0.00559. The van der Waals surface area contributed by atoms with E-state index in [0.29, 0.717) is 11.0 Å². The Morgan fingerprint density at radius 1 is 0.921 bits per heavy atom. The number of fused-ring (bicyclic) bond motifs is 3. The van der Waals surface area contributed by atoms with Gasteiger partial charge in [0.15, 0.2) is 0 Å². The van der Waals surface area contributed by atoms with Crippen LogP contribution in [0.5, 0.6) is 0 Å². The van der Waals surface area contributed by atoms with Gasteiger partial charge in [0.25, 0.3) is 0 Å². The molecule has 5 nitrogen and oxygen atoms in total. The molecule has 0 radical (unpaired) electrons. The Kier molecular flexibility index (Phi) is 6.88. The van der Waals surface area contributed by atoms with Crippen LogP contribution < -0.4 is 5.32 Å². The molecule has 196 valence electrons. The van der Waals surface area contributed by atoms with Gasteiger partial charge in [-0.25, -0.2) is 13.6 Å². The highest BCUT2D eigenvalue weighted by Crippen LogP contribution is 2.44. The summed E-state index contributed by atoms with van der Waals surface area (Å²) in [6, 6.07) is 19.4. The first kappa shape index (κ1) is 26.1. The lowest BCUT2D eigenvalue weighted by atomic mass is 9.77. The molecule has 0 saturated carbocycles. The smallest absolute Gasteiger partial charge is 0.449 e. The fourth-order valence-corrected chi connectivity index (χ4v) is 4.89. The van der Waals surface area contributed by atoms with E-state index in [0.717, 1.165) is 28.3 Å². The minimum atomic E-state index is -0.819. The molecular formula is C30H30BF2NO4. The molecule has 1 N–H and O–H groups in total. The van der Waals surface area contributed by atoms with Crippen molar-refractivity contribution in [2.75, 3.05) is 13.2 Å². The van der Waals surface area contributed by atoms with Crippen LogP contribution in [0.15, 0.2) is 72.2 Å². The number of carbonyl (C=O) groups excluding carboxylic acids is 1. The molecule has 38 heavy (non-hydrogen) atoms. The first-order valence-electron chi connectivity index (χ1n) is 12.7. The van der Waals surface area contributed by atoms with Gasteiger partial charge in [0, 0.05) is 18.5 Å². The number of alkyl carbamates (subject to hydrolysis) is 1. The predicted molar refractivity (Wildman–Crippen MR) is 143 cm³/mol. The van der Waals surface area contributed by atoms with Gasteiger partial charge in [0.05, 0.1) is 11.2 Å². The van der Waals surface area contributed by atoms with Crippen LogP contribution in [0.1, 0.15) is 50.3 Å². The third-order valence-corrected chi connectivity index (χ3v) is 7.57. The molecule has 1 amide bonds. The van der Waals surface area contributed by atoms with Crippen LogP contribution in [0.25, 0.3) is 17.2 Å². The maximum absolute atomic E-state index is 13.9. The molecule has 1 aliphatic heterocycles. The van der Waals surface area contributed by atoms with E-state index in [1.807, 2.05) is 52.0 Å². The van der Waals surface area contributed by atoms with E-state index in [4.69, 9.17) is 14.0 Å². The average molecular weight is 517 g/mol. The second-order valence-corrected chi connectivity index (χ2v) is 10.7. The summed E-state index contributed by atoms with van der Waals surface area (Å²) in [7, 11) is -0.819. The van der Waals surface area contributed by atoms with Crippen molar-refractivity contribution < 1.29 is 27.6 Å². The standard InChI is InChI=1S/C30H30BF2NO4/c1-29(2)30(3,4)38-31(37-29)20(13-19-14-21(32)16-22(33)15-19)17-34-28(35)36-18-27-25-11-7-5-9-23(25)24-10-6-8-12-26(24)27/h5-16,27H,17-18H2,1-4H3,(H,34,35). The van der Waals surface area contributed by atoms with Crippen molar-refractivity contribution in [3.05, 3.63) is 101 Å². The third kappa shape index (κ3) is 5.11. The lowest BCUT2D eigenvalue weighted by molar-refractivity contribution is 0.00578. The minimum Gasteiger partial charge on any atom is -0.449 e. The Balaban J connectivity index is 1.31. The number of amides is 1. The number of halogens is 2. The summed E-state index contributed by atoms with van der Waals surface area (Å²) in [5.41, 5.74) is 4.06. The number of hydrogen-bond donors (Lipinski definition) is 1. The Labute approximate surface area is 221 Å². The zero-order valence-corrected chi connectivity index (χ0v) is 21.9. The van der Waals surface area contributed by atoms with Gasteiger partial charge in [-0.1, -0.05) is 54.6 Å². The number of carbonyl (C=O) groups is 1. The first-order valence-corrected chi connectivity index (χ1v) is 12.7. The molecule has 0 atom stereocenters. The molecule has 0 bridgehead atoms. The summed E-state index contributed by atoms with van der Waals surface area (Å²) >= 11 is 0. The Morgan fingerprint density at radius 3 is 2.00 bits per heavy atom. The lowest BCUT2D eigenvalue weighted by Crippen LogP contribution is -2.41. The maximum atomic E-state index is 13.9. The Morgan fingerprint density at radius 2 is 1.45 bits per heavy atom. The summed E-state index contributed by atoms with van der Waals surface area (Å²) in [6.07, 6.45) is 0.956. The van der Waals surface area contributed by atoms with Gasteiger partial charge in [-0.3, -0.25) is 0 Å². The van der Waals surface area contributed by atoms with Crippen molar-refractivity contribution in [1.29, 1.82) is 0 Å². The van der Waals surface area contributed by atoms with E-state index in [1.165, 1.54) is 12.1 Å². The maximum Gasteiger partial charge on any atom is 0.492 e. The molecule has 0 spiro atoms. The largest absolute Gasteiger partial charge is 0.492 e. The number of rotatable bonds is 6. The first-order chi connectivity index (χ1) is 18.0. The van der Waals surface area contributed by atoms with Crippen LogP contribution in [-0.4, -0.2) is 37.6 Å². The monoisotopic (exact) mass is 517 g/mol. The molecule has 3 aromatic rings. The zero-order chi connectivity index (χ0) is 27.1. The highest BCUT2D eigenvalue weighted by Gasteiger charge is 2.52. The van der Waals surface area contributed by atoms with Gasteiger partial charge >= 0.3 is 13.2 Å². The van der Waals surface area contributed by atoms with E-state index in [9.17, 15) is 13.6 Å². The lowest BCUT2D eigenvalue weighted by Gasteiger charge is -2.32. The SMILES string of the molecule is CC1(C)OB(C(=Cc2cc(F)cc(F)c2)CNC(=O)OCC2c3ccccc3-c3ccccc32)OC1(C)C. The van der Waals surface area contributed by atoms with Crippen molar-refractivity contribution in [3.8, 4) is 11.1 Å². The number of nitrogens with one attached hydrogen (secondary N) is 1. The Hall–Kier alpha value is -3.49. The van der Waals surface area contributed by atoms with E-state index >= 15 is 0 Å². The van der Waals surface area contributed by atoms with Gasteiger partial charge in [0.1, 0.15) is 18.2 Å². The molecule has 0 unspecified atom stereocenters. The quantitative estimate of drug-likeness (QED) is 0.379. The van der Waals surface area contributed by atoms with Crippen molar-refractivity contribution in [1.82, 2.24) is 5.32 Å². The number of ether oxygens (including phenoxy) is 1. The van der Waals surface area contributed by atoms with Crippen molar-refractivity contribution >= 4 is 19.3 Å². The van der Waals surface area contributed by atoms with Gasteiger partial charge in [0.2, 0.25) is 0 Å². The van der Waals surface area contributed by atoms with E-state index in [-0.39, 0.29) is 19.1 Å². The van der Waals surface area contributed by atoms with Crippen LogP contribution in [-0.2, 0) is 14.0 Å². The molecule has 8 heteroatoms. The van der Waals surface area contributed by atoms with Gasteiger partial charge in [-0.2, -0.15) is 0 Å². The normalized spacial score (nSPS) is 17.7. The van der Waals surface area contributed by atoms with Gasteiger partial charge in [-0.05, 0) is 73.1 Å². The molecule has 1 aliphatic carbocycles. The third-order valence-electron chi connectivity index (χ3n) is 7.57. The second-order valence-electron chi connectivity index (χ2n) is 10.7. The molecule has 1 heterocycles. The average Bonchev–Trinajstić information content (AvgIpc) is 3.29. The summed E-state index contributed by atoms with van der Waals surface area (Å²) in [4.78, 5) is 12.8. The van der Waals surface area contributed by atoms with Crippen LogP contribution in [0.4, 0.5) is 13.6 Å². The van der Waals surface area contributed by atoms with E-state index < -0.39 is 36.0 Å². The number of hydrogen-bond acceptors (Lipinski definition) is 4. The van der Waals surface area contributed by atoms with E-state index in [1.54, 1.807) is 6.08 Å². The van der Waals surface area contributed by atoms with E-state index in [2.05, 4.69) is 29.6 Å². The number of benzene rings is 3. The summed E-state index contributed by atoms with van der Waals surface area (Å²) < 4.78 is 45.6. The van der Waals surface area contributed by atoms with Crippen molar-refractivity contribution in [3.63, 3.8) is 0 Å². The van der Waals surface area contributed by atoms with Gasteiger partial charge in [-0.15, -0.1) is 0 Å². The molecule has 1 saturated heterocycles. The van der Waals surface area contributed by atoms with Gasteiger partial charge < -0.3 is 19.4 Å². The summed E-state index contributed by atoms with van der Waals surface area (Å²) in [5, 5.41) is 2.76. The molecule has 0 aromatic heterocycles. The zero-order valence-electron chi connectivity index (χ0n) is 21.9. The van der Waals surface area contributed by atoms with Crippen molar-refractivity contribution in [2.45, 2.75) is 44.8 Å². The highest BCUT2D eigenvalue weighted by atomic mass is 19.1. The second kappa shape index (κ2) is 10.0. The Bertz CT molecular complexity index is 1320. The van der Waals surface area contributed by atoms with Crippen LogP contribution in [0.3, 0.4) is 0 Å². The predicted octanol–water partition coefficient (Wildman–Crippen LogP) is 6.52. The molecule has 1 fully saturated rings. The molecule has 2 aliphatic rings. The molecule has 3 aromatic carbocycles. The summed E-state index contributed by atoms with van der Waals surface area (Å²) in [6.45, 7) is 7.81. The fourth-order valence-electron chi connectivity index (χ4n) is 4.89. The molecular weight excluding hydrogens is 487 g/mol. The van der Waals surface area contributed by atoms with Crippen LogP contribution >= 0.6 is 0 Å². The summed E-state index contributed by atoms with van der Waals surface area (Å²) in [5.74, 6) is -1.47. The topological polar surface area (TPSA) is 56.8 Å². The fraction of sp³-hybridized carbons (Fsp3) is 0.300. The van der Waals surface area contributed by atoms with Crippen LogP contribution in [0.2, 0.25) is 0 Å². The highest BCUT2D eigenvalue weighted by molar-refractivity contribution is 6.56. The van der Waals surface area contributed by atoms with Crippen LogP contribution in [0, 0.1) is 11.6 Å².